The maximum atomic E-state index is 13.9. The van der Waals surface area contributed by atoms with E-state index in [1.54, 1.807) is 31.1 Å². The molecule has 1 N–H and O–H groups in total. The van der Waals surface area contributed by atoms with Crippen LogP contribution in [0.15, 0.2) is 84.1 Å². The van der Waals surface area contributed by atoms with Gasteiger partial charge in [0, 0.05) is 24.1 Å². The first-order valence-corrected chi connectivity index (χ1v) is 12.5. The number of allylic oxidation sites excluding steroid dienone is 1. The standard InChI is InChI=1S/C30H27F3N2O3/c1-3-27(37)35-25-7-5-4-6-23(25)34-24-16-20(18-10-14-22(38-2)15-11-18)17-26(36)28(24)29(35)19-8-12-21(13-9-19)30(31,32)33/h4-15,20,29,34H,3,16-17H2,1-2H3/t20-,29+/m0/s1. The van der Waals surface area contributed by atoms with Crippen LogP contribution in [0.1, 0.15) is 54.8 Å². The lowest BCUT2D eigenvalue weighted by Gasteiger charge is -2.35. The Bertz CT molecular complexity index is 1400. The Kier molecular flexibility index (Phi) is 6.73. The predicted octanol–water partition coefficient (Wildman–Crippen LogP) is 7.02. The van der Waals surface area contributed by atoms with Crippen molar-refractivity contribution in [2.24, 2.45) is 0 Å². The molecule has 0 saturated carbocycles. The number of nitrogens with zero attached hydrogens (tertiary/aromatic N) is 1. The summed E-state index contributed by atoms with van der Waals surface area (Å²) in [5.74, 6) is 0.232. The van der Waals surface area contributed by atoms with E-state index in [9.17, 15) is 22.8 Å². The molecule has 3 aromatic rings. The largest absolute Gasteiger partial charge is 0.497 e. The molecule has 0 saturated heterocycles. The number of fused-ring (bicyclic) bond motifs is 1. The zero-order valence-electron chi connectivity index (χ0n) is 21.0. The Labute approximate surface area is 218 Å². The number of ketones is 1. The van der Waals surface area contributed by atoms with Crippen molar-refractivity contribution in [1.29, 1.82) is 0 Å². The fourth-order valence-corrected chi connectivity index (χ4v) is 5.32. The van der Waals surface area contributed by atoms with Gasteiger partial charge < -0.3 is 10.1 Å². The zero-order valence-corrected chi connectivity index (χ0v) is 21.0. The SMILES string of the molecule is CCC(=O)N1c2ccccc2NC2=C(C(=O)C[C@@H](c3ccc(OC)cc3)C2)[C@H]1c1ccc(C(F)(F)F)cc1. The third-order valence-corrected chi connectivity index (χ3v) is 7.20. The van der Waals surface area contributed by atoms with Crippen LogP contribution in [0.3, 0.4) is 0 Å². The molecule has 3 aromatic carbocycles. The first kappa shape index (κ1) is 25.6. The van der Waals surface area contributed by atoms with Gasteiger partial charge in [0.05, 0.1) is 30.1 Å². The average Bonchev–Trinajstić information content (AvgIpc) is 3.07. The van der Waals surface area contributed by atoms with Gasteiger partial charge in [0.15, 0.2) is 5.78 Å². The molecule has 8 heteroatoms. The van der Waals surface area contributed by atoms with Gasteiger partial charge in [-0.2, -0.15) is 13.2 Å². The highest BCUT2D eigenvalue weighted by Crippen LogP contribution is 2.48. The number of Topliss-reactive ketones (excluding diaryl/α,β-unsaturated/α-hetero) is 1. The Morgan fingerprint density at radius 1 is 0.974 bits per heavy atom. The summed E-state index contributed by atoms with van der Waals surface area (Å²) >= 11 is 0. The van der Waals surface area contributed by atoms with Gasteiger partial charge >= 0.3 is 6.18 Å². The quantitative estimate of drug-likeness (QED) is 0.402. The van der Waals surface area contributed by atoms with Crippen molar-refractivity contribution in [2.75, 3.05) is 17.3 Å². The number of hydrogen-bond donors (Lipinski definition) is 1. The second-order valence-corrected chi connectivity index (χ2v) is 9.48. The van der Waals surface area contributed by atoms with E-state index in [0.29, 0.717) is 40.4 Å². The number of anilines is 2. The molecule has 0 aromatic heterocycles. The van der Waals surface area contributed by atoms with Gasteiger partial charge in [0.2, 0.25) is 5.91 Å². The fourth-order valence-electron chi connectivity index (χ4n) is 5.32. The lowest BCUT2D eigenvalue weighted by Crippen LogP contribution is -2.38. The molecule has 1 aliphatic heterocycles. The predicted molar refractivity (Wildman–Crippen MR) is 139 cm³/mol. The molecule has 1 heterocycles. The number of benzene rings is 3. The van der Waals surface area contributed by atoms with Crippen LogP contribution in [-0.2, 0) is 15.8 Å². The van der Waals surface area contributed by atoms with Crippen molar-refractivity contribution in [1.82, 2.24) is 0 Å². The van der Waals surface area contributed by atoms with E-state index in [2.05, 4.69) is 5.32 Å². The molecule has 5 nitrogen and oxygen atoms in total. The molecule has 0 fully saturated rings. The number of carbonyl (C=O) groups excluding carboxylic acids is 2. The second-order valence-electron chi connectivity index (χ2n) is 9.48. The molecule has 2 aliphatic rings. The molecule has 0 bridgehead atoms. The number of rotatable bonds is 4. The highest BCUT2D eigenvalue weighted by Gasteiger charge is 2.41. The van der Waals surface area contributed by atoms with E-state index in [-0.39, 0.29) is 30.4 Å². The van der Waals surface area contributed by atoms with Crippen LogP contribution in [0.25, 0.3) is 0 Å². The summed E-state index contributed by atoms with van der Waals surface area (Å²) in [5, 5.41) is 3.42. The van der Waals surface area contributed by atoms with Crippen molar-refractivity contribution in [2.45, 2.75) is 44.3 Å². The Morgan fingerprint density at radius 3 is 2.26 bits per heavy atom. The molecule has 0 unspecified atom stereocenters. The minimum Gasteiger partial charge on any atom is -0.497 e. The van der Waals surface area contributed by atoms with Crippen molar-refractivity contribution in [3.8, 4) is 5.75 Å². The smallest absolute Gasteiger partial charge is 0.416 e. The average molecular weight is 521 g/mol. The summed E-state index contributed by atoms with van der Waals surface area (Å²) in [4.78, 5) is 28.8. The van der Waals surface area contributed by atoms with E-state index < -0.39 is 17.8 Å². The summed E-state index contributed by atoms with van der Waals surface area (Å²) in [6.45, 7) is 1.73. The van der Waals surface area contributed by atoms with Crippen molar-refractivity contribution in [3.63, 3.8) is 0 Å². The monoisotopic (exact) mass is 520 g/mol. The molecule has 5 rings (SSSR count). The highest BCUT2D eigenvalue weighted by molar-refractivity contribution is 6.06. The van der Waals surface area contributed by atoms with Crippen LogP contribution in [0.4, 0.5) is 24.5 Å². The van der Waals surface area contributed by atoms with Crippen molar-refractivity contribution >= 4 is 23.1 Å². The number of halogens is 3. The maximum absolute atomic E-state index is 13.9. The molecule has 38 heavy (non-hydrogen) atoms. The number of ether oxygens (including phenoxy) is 1. The van der Waals surface area contributed by atoms with Gasteiger partial charge in [-0.25, -0.2) is 0 Å². The van der Waals surface area contributed by atoms with Crippen LogP contribution in [0, 0.1) is 0 Å². The summed E-state index contributed by atoms with van der Waals surface area (Å²) in [6.07, 6.45) is -3.61. The lowest BCUT2D eigenvalue weighted by atomic mass is 9.78. The number of nitrogens with one attached hydrogen (secondary N) is 1. The Morgan fingerprint density at radius 2 is 1.63 bits per heavy atom. The van der Waals surface area contributed by atoms with Crippen LogP contribution >= 0.6 is 0 Å². The molecular formula is C30H27F3N2O3. The summed E-state index contributed by atoms with van der Waals surface area (Å²) in [5.41, 5.74) is 2.97. The minimum absolute atomic E-state index is 0.103. The maximum Gasteiger partial charge on any atom is 0.416 e. The van der Waals surface area contributed by atoms with Gasteiger partial charge in [0.1, 0.15) is 5.75 Å². The topological polar surface area (TPSA) is 58.6 Å². The van der Waals surface area contributed by atoms with E-state index in [4.69, 9.17) is 4.74 Å². The van der Waals surface area contributed by atoms with E-state index in [1.807, 2.05) is 36.4 Å². The van der Waals surface area contributed by atoms with Crippen LogP contribution in [0.2, 0.25) is 0 Å². The van der Waals surface area contributed by atoms with E-state index in [1.165, 1.54) is 12.1 Å². The number of amides is 1. The molecule has 2 atom stereocenters. The first-order valence-electron chi connectivity index (χ1n) is 12.5. The van der Waals surface area contributed by atoms with Crippen molar-refractivity contribution in [3.05, 3.63) is 101 Å². The van der Waals surface area contributed by atoms with Crippen LogP contribution in [0.5, 0.6) is 5.75 Å². The molecular weight excluding hydrogens is 493 g/mol. The lowest BCUT2D eigenvalue weighted by molar-refractivity contribution is -0.137. The second kappa shape index (κ2) is 10.0. The Balaban J connectivity index is 1.66. The number of carbonyl (C=O) groups is 2. The van der Waals surface area contributed by atoms with Gasteiger partial charge in [-0.15, -0.1) is 0 Å². The molecule has 1 aliphatic carbocycles. The van der Waals surface area contributed by atoms with Gasteiger partial charge in [-0.3, -0.25) is 14.5 Å². The van der Waals surface area contributed by atoms with Crippen molar-refractivity contribution < 1.29 is 27.5 Å². The molecule has 0 radical (unpaired) electrons. The fraction of sp³-hybridized carbons (Fsp3) is 0.267. The Hall–Kier alpha value is -4.07. The zero-order chi connectivity index (χ0) is 27.0. The third kappa shape index (κ3) is 4.66. The van der Waals surface area contributed by atoms with Gasteiger partial charge in [-0.1, -0.05) is 43.3 Å². The van der Waals surface area contributed by atoms with Crippen LogP contribution in [-0.4, -0.2) is 18.8 Å². The first-order chi connectivity index (χ1) is 18.2. The van der Waals surface area contributed by atoms with Gasteiger partial charge in [0.25, 0.3) is 0 Å². The number of para-hydroxylation sites is 2. The normalized spacial score (nSPS) is 19.3. The van der Waals surface area contributed by atoms with Gasteiger partial charge in [-0.05, 0) is 59.9 Å². The molecule has 196 valence electrons. The number of hydrogen-bond acceptors (Lipinski definition) is 4. The van der Waals surface area contributed by atoms with Crippen LogP contribution < -0.4 is 15.0 Å². The van der Waals surface area contributed by atoms with E-state index in [0.717, 1.165) is 17.7 Å². The summed E-state index contributed by atoms with van der Waals surface area (Å²) in [6, 6.07) is 18.7. The number of methoxy groups -OCH3 is 1. The third-order valence-electron chi connectivity index (χ3n) is 7.20. The summed E-state index contributed by atoms with van der Waals surface area (Å²) in [7, 11) is 1.59. The molecule has 1 amide bonds. The summed E-state index contributed by atoms with van der Waals surface area (Å²) < 4.78 is 45.2. The minimum atomic E-state index is -4.49. The highest BCUT2D eigenvalue weighted by atomic mass is 19.4. The van der Waals surface area contributed by atoms with E-state index >= 15 is 0 Å². The molecule has 0 spiro atoms. The number of alkyl halides is 3.